The van der Waals surface area contributed by atoms with Crippen molar-refractivity contribution in [3.8, 4) is 11.3 Å². The van der Waals surface area contributed by atoms with Gasteiger partial charge in [-0.3, -0.25) is 9.69 Å². The number of alkyl halides is 3. The number of hydrogen-bond donors (Lipinski definition) is 0. The summed E-state index contributed by atoms with van der Waals surface area (Å²) in [5.74, 6) is -2.16. The summed E-state index contributed by atoms with van der Waals surface area (Å²) in [6.07, 6.45) is -4.89. The van der Waals surface area contributed by atoms with Crippen molar-refractivity contribution in [1.29, 1.82) is 0 Å². The van der Waals surface area contributed by atoms with E-state index >= 15 is 0 Å². The minimum absolute atomic E-state index is 0.0792. The van der Waals surface area contributed by atoms with Gasteiger partial charge in [0, 0.05) is 36.3 Å². The first kappa shape index (κ1) is 26.6. The fourth-order valence-electron chi connectivity index (χ4n) is 5.67. The van der Waals surface area contributed by atoms with Crippen LogP contribution in [0.1, 0.15) is 54.9 Å². The Kier molecular flexibility index (Phi) is 6.48. The van der Waals surface area contributed by atoms with Gasteiger partial charge in [-0.1, -0.05) is 58.8 Å². The van der Waals surface area contributed by atoms with Crippen LogP contribution >= 0.6 is 0 Å². The predicted octanol–water partition coefficient (Wildman–Crippen LogP) is 5.87. The minimum Gasteiger partial charge on any atom is -0.460 e. The third kappa shape index (κ3) is 5.00. The number of carbonyl (C=O) groups excluding carboxylic acids is 1. The largest absolute Gasteiger partial charge is 0.460 e. The highest BCUT2D eigenvalue weighted by Crippen LogP contribution is 2.48. The highest BCUT2D eigenvalue weighted by Gasteiger charge is 2.56. The zero-order chi connectivity index (χ0) is 28.2. The van der Waals surface area contributed by atoms with Crippen molar-refractivity contribution in [2.75, 3.05) is 13.1 Å². The molecule has 0 radical (unpaired) electrons. The van der Waals surface area contributed by atoms with Gasteiger partial charge in [0.25, 0.3) is 0 Å². The van der Waals surface area contributed by atoms with E-state index in [2.05, 4.69) is 21.3 Å². The van der Waals surface area contributed by atoms with Crippen LogP contribution in [0.4, 0.5) is 13.2 Å². The van der Waals surface area contributed by atoms with E-state index in [9.17, 15) is 18.0 Å². The van der Waals surface area contributed by atoms with E-state index in [1.165, 1.54) is 0 Å². The lowest BCUT2D eigenvalue weighted by atomic mass is 9.84. The minimum atomic E-state index is -4.59. The number of benzene rings is 2. The topological polar surface area (TPSA) is 77.2 Å². The summed E-state index contributed by atoms with van der Waals surface area (Å²) in [4.78, 5) is 19.8. The Morgan fingerprint density at radius 2 is 1.82 bits per heavy atom. The van der Waals surface area contributed by atoms with E-state index < -0.39 is 23.8 Å². The Morgan fingerprint density at radius 3 is 2.52 bits per heavy atom. The van der Waals surface area contributed by atoms with Gasteiger partial charge in [-0.25, -0.2) is 0 Å². The molecule has 40 heavy (non-hydrogen) atoms. The van der Waals surface area contributed by atoms with E-state index in [0.717, 1.165) is 16.7 Å². The summed E-state index contributed by atoms with van der Waals surface area (Å²) < 4.78 is 53.9. The number of fused-ring (bicyclic) bond motifs is 3. The van der Waals surface area contributed by atoms with Crippen LogP contribution in [0, 0.1) is 11.8 Å². The quantitative estimate of drug-likeness (QED) is 0.368. The molecule has 0 bridgehead atoms. The molecule has 1 fully saturated rings. The Bertz CT molecular complexity index is 1450. The van der Waals surface area contributed by atoms with Gasteiger partial charge in [-0.2, -0.15) is 13.2 Å². The average molecular weight is 554 g/mol. The maximum absolute atomic E-state index is 14.3. The average Bonchev–Trinajstić information content (AvgIpc) is 3.49. The number of aryl methyl sites for hydroxylation is 1. The van der Waals surface area contributed by atoms with Crippen molar-refractivity contribution in [3.05, 3.63) is 76.5 Å². The lowest BCUT2D eigenvalue weighted by molar-refractivity contribution is -0.180. The number of esters is 1. The van der Waals surface area contributed by atoms with Crippen molar-refractivity contribution in [2.24, 2.45) is 17.0 Å². The first-order chi connectivity index (χ1) is 19.0. The van der Waals surface area contributed by atoms with E-state index in [1.807, 2.05) is 32.9 Å². The summed E-state index contributed by atoms with van der Waals surface area (Å²) in [5.41, 5.74) is 3.90. The van der Waals surface area contributed by atoms with E-state index in [0.29, 0.717) is 49.3 Å². The number of oxime groups is 1. The molecule has 0 amide bonds. The zero-order valence-electron chi connectivity index (χ0n) is 22.5. The normalized spacial score (nSPS) is 21.2. The van der Waals surface area contributed by atoms with Crippen LogP contribution in [0.5, 0.6) is 0 Å². The molecule has 3 heterocycles. The van der Waals surface area contributed by atoms with Crippen LogP contribution in [0.25, 0.3) is 11.3 Å². The standard InChI is InChI=1S/C30H30F3N3O4/c1-29(2,3)38-28(37)20-15-36(16-20)14-17-9-11-21-19(13-17)10-12-22-25(21)35-39-26(22)27-23(30(31,32)33)24(34-40-27)18-7-5-4-6-8-18/h4-9,11,13,20,23,27H,10,12,14-16H2,1-3H3. The first-order valence-electron chi connectivity index (χ1n) is 13.4. The van der Waals surface area contributed by atoms with Gasteiger partial charge >= 0.3 is 12.1 Å². The molecular weight excluding hydrogens is 523 g/mol. The maximum atomic E-state index is 14.3. The lowest BCUT2D eigenvalue weighted by Gasteiger charge is -2.39. The van der Waals surface area contributed by atoms with Crippen LogP contribution in [0.2, 0.25) is 0 Å². The molecule has 2 unspecified atom stereocenters. The van der Waals surface area contributed by atoms with Crippen LogP contribution in [0.15, 0.2) is 58.2 Å². The van der Waals surface area contributed by atoms with Crippen molar-refractivity contribution < 1.29 is 32.1 Å². The Labute approximate surface area is 229 Å². The van der Waals surface area contributed by atoms with E-state index in [4.69, 9.17) is 14.1 Å². The molecule has 2 aliphatic heterocycles. The molecule has 2 aromatic carbocycles. The molecule has 7 nitrogen and oxygen atoms in total. The fraction of sp³-hybridized carbons (Fsp3) is 0.433. The first-order valence-corrected chi connectivity index (χ1v) is 13.4. The molecule has 1 saturated heterocycles. The second kappa shape index (κ2) is 9.76. The van der Waals surface area contributed by atoms with Crippen molar-refractivity contribution in [3.63, 3.8) is 0 Å². The zero-order valence-corrected chi connectivity index (χ0v) is 22.5. The monoisotopic (exact) mass is 553 g/mol. The number of halogens is 3. The number of ether oxygens (including phenoxy) is 1. The molecule has 2 atom stereocenters. The van der Waals surface area contributed by atoms with Crippen LogP contribution < -0.4 is 0 Å². The van der Waals surface area contributed by atoms with Crippen LogP contribution in [-0.2, 0) is 33.8 Å². The van der Waals surface area contributed by atoms with Gasteiger partial charge in [-0.15, -0.1) is 0 Å². The molecule has 3 aliphatic rings. The molecule has 10 heteroatoms. The van der Waals surface area contributed by atoms with Gasteiger partial charge in [0.05, 0.1) is 5.92 Å². The number of aromatic nitrogens is 1. The molecule has 0 spiro atoms. The van der Waals surface area contributed by atoms with Crippen LogP contribution in [0.3, 0.4) is 0 Å². The SMILES string of the molecule is CC(C)(C)OC(=O)C1CN(Cc2ccc3c(c2)CCc2c-3noc2C2ON=C(c3ccccc3)C2C(F)(F)F)C1. The highest BCUT2D eigenvalue weighted by molar-refractivity contribution is 6.03. The molecule has 0 saturated carbocycles. The van der Waals surface area contributed by atoms with Crippen molar-refractivity contribution in [2.45, 2.75) is 58.0 Å². The van der Waals surface area contributed by atoms with E-state index in [1.54, 1.807) is 30.3 Å². The van der Waals surface area contributed by atoms with Crippen LogP contribution in [-0.4, -0.2) is 46.6 Å². The molecule has 0 N–H and O–H groups in total. The van der Waals surface area contributed by atoms with E-state index in [-0.39, 0.29) is 23.4 Å². The molecule has 6 rings (SSSR count). The van der Waals surface area contributed by atoms with Gasteiger partial charge < -0.3 is 14.1 Å². The Balaban J connectivity index is 1.18. The van der Waals surface area contributed by atoms with Crippen molar-refractivity contribution >= 4 is 11.7 Å². The predicted molar refractivity (Wildman–Crippen MR) is 140 cm³/mol. The summed E-state index contributed by atoms with van der Waals surface area (Å²) in [6, 6.07) is 14.3. The number of carbonyl (C=O) groups is 1. The van der Waals surface area contributed by atoms with Gasteiger partial charge in [0.1, 0.15) is 22.9 Å². The summed E-state index contributed by atoms with van der Waals surface area (Å²) in [7, 11) is 0. The third-order valence-corrected chi connectivity index (χ3v) is 7.53. The fourth-order valence-corrected chi connectivity index (χ4v) is 5.67. The Morgan fingerprint density at radius 1 is 1.07 bits per heavy atom. The highest BCUT2D eigenvalue weighted by atomic mass is 19.4. The molecule has 3 aromatic rings. The third-order valence-electron chi connectivity index (χ3n) is 7.53. The number of rotatable bonds is 5. The Hall–Kier alpha value is -3.66. The smallest absolute Gasteiger partial charge is 0.401 e. The van der Waals surface area contributed by atoms with Gasteiger partial charge in [-0.05, 0) is 44.7 Å². The number of nitrogens with zero attached hydrogens (tertiary/aromatic N) is 3. The van der Waals surface area contributed by atoms with Gasteiger partial charge in [0.2, 0.25) is 6.10 Å². The maximum Gasteiger partial charge on any atom is 0.401 e. The van der Waals surface area contributed by atoms with Crippen molar-refractivity contribution in [1.82, 2.24) is 10.1 Å². The molecule has 210 valence electrons. The lowest BCUT2D eigenvalue weighted by Crippen LogP contribution is -2.51. The number of likely N-dealkylation sites (tertiary alicyclic amines) is 1. The second-order valence-electron chi connectivity index (χ2n) is 11.7. The van der Waals surface area contributed by atoms with Gasteiger partial charge in [0.15, 0.2) is 5.76 Å². The molecule has 1 aromatic heterocycles. The molecular formula is C30H30F3N3O4. The second-order valence-corrected chi connectivity index (χ2v) is 11.7. The summed E-state index contributed by atoms with van der Waals surface area (Å²) in [6.45, 7) is 7.59. The summed E-state index contributed by atoms with van der Waals surface area (Å²) >= 11 is 0. The molecule has 1 aliphatic carbocycles. The summed E-state index contributed by atoms with van der Waals surface area (Å²) in [5, 5.41) is 8.04. The number of hydrogen-bond acceptors (Lipinski definition) is 7.